The Bertz CT molecular complexity index is 1220. The number of carbonyl (C=O) groups excluding carboxylic acids is 1. The quantitative estimate of drug-likeness (QED) is 0.603. The molecule has 7 nitrogen and oxygen atoms in total. The number of methoxy groups -OCH3 is 2. The van der Waals surface area contributed by atoms with Crippen LogP contribution < -0.4 is 19.9 Å². The van der Waals surface area contributed by atoms with E-state index < -0.39 is 0 Å². The van der Waals surface area contributed by atoms with Gasteiger partial charge in [-0.3, -0.25) is 14.2 Å². The van der Waals surface area contributed by atoms with Crippen molar-refractivity contribution in [3.8, 4) is 11.5 Å². The molecule has 0 aliphatic carbocycles. The molecule has 1 aromatic carbocycles. The van der Waals surface area contributed by atoms with Crippen molar-refractivity contribution in [1.82, 2.24) is 9.55 Å². The van der Waals surface area contributed by atoms with Crippen molar-refractivity contribution in [1.29, 1.82) is 0 Å². The van der Waals surface area contributed by atoms with Crippen LogP contribution >= 0.6 is 22.9 Å². The zero-order valence-electron chi connectivity index (χ0n) is 17.2. The van der Waals surface area contributed by atoms with Crippen LogP contribution in [0.4, 0.5) is 5.69 Å². The number of rotatable bonds is 4. The molecule has 4 rings (SSSR count). The maximum Gasteiger partial charge on any atom is 0.268 e. The maximum absolute atomic E-state index is 13.4. The smallest absolute Gasteiger partial charge is 0.268 e. The summed E-state index contributed by atoms with van der Waals surface area (Å²) in [5.74, 6) is 1.46. The highest BCUT2D eigenvalue weighted by molar-refractivity contribution is 7.20. The number of halogens is 1. The molecule has 30 heavy (non-hydrogen) atoms. The molecule has 0 unspecified atom stereocenters. The Labute approximate surface area is 182 Å². The van der Waals surface area contributed by atoms with Gasteiger partial charge in [-0.05, 0) is 31.4 Å². The number of nitrogens with zero attached hydrogens (tertiary/aromatic N) is 3. The van der Waals surface area contributed by atoms with E-state index >= 15 is 0 Å². The van der Waals surface area contributed by atoms with E-state index in [1.165, 1.54) is 30.5 Å². The largest absolute Gasteiger partial charge is 0.495 e. The number of thiophene rings is 1. The van der Waals surface area contributed by atoms with Crippen molar-refractivity contribution in [2.24, 2.45) is 0 Å². The summed E-state index contributed by atoms with van der Waals surface area (Å²) in [7, 11) is 4.68. The summed E-state index contributed by atoms with van der Waals surface area (Å²) in [5, 5.41) is 0.899. The Morgan fingerprint density at radius 1 is 1.23 bits per heavy atom. The highest BCUT2D eigenvalue weighted by Gasteiger charge is 2.26. The van der Waals surface area contributed by atoms with Crippen LogP contribution in [0.25, 0.3) is 10.2 Å². The van der Waals surface area contributed by atoms with E-state index in [0.29, 0.717) is 49.4 Å². The standard InChI is InChI=1S/C21H22ClN3O4S/c1-11-17-19(23-16-7-5-6-8-25(16)20(17)26)30-18(11)21(27)24(2)13-9-12(22)14(28-3)10-15(13)29-4/h9-10H,5-8H2,1-4H3. The summed E-state index contributed by atoms with van der Waals surface area (Å²) < 4.78 is 12.4. The maximum atomic E-state index is 13.4. The van der Waals surface area contributed by atoms with Crippen LogP contribution in [-0.4, -0.2) is 36.7 Å². The van der Waals surface area contributed by atoms with Gasteiger partial charge in [-0.2, -0.15) is 0 Å². The van der Waals surface area contributed by atoms with Crippen molar-refractivity contribution >= 4 is 44.7 Å². The van der Waals surface area contributed by atoms with Gasteiger partial charge in [0.25, 0.3) is 11.5 Å². The Morgan fingerprint density at radius 3 is 2.67 bits per heavy atom. The first-order valence-electron chi connectivity index (χ1n) is 9.59. The Morgan fingerprint density at radius 2 is 1.97 bits per heavy atom. The number of aryl methyl sites for hydroxylation is 2. The van der Waals surface area contributed by atoms with E-state index in [9.17, 15) is 9.59 Å². The molecule has 0 spiro atoms. The zero-order chi connectivity index (χ0) is 21.6. The number of ether oxygens (including phenoxy) is 2. The van der Waals surface area contributed by atoms with Gasteiger partial charge in [-0.15, -0.1) is 11.3 Å². The molecule has 0 fully saturated rings. The van der Waals surface area contributed by atoms with Crippen LogP contribution in [0.3, 0.4) is 0 Å². The number of fused-ring (bicyclic) bond motifs is 2. The number of amides is 1. The van der Waals surface area contributed by atoms with Gasteiger partial charge in [0, 0.05) is 26.1 Å². The fraction of sp³-hybridized carbons (Fsp3) is 0.381. The summed E-state index contributed by atoms with van der Waals surface area (Å²) in [5.41, 5.74) is 1.10. The number of aromatic nitrogens is 2. The molecule has 158 valence electrons. The van der Waals surface area contributed by atoms with Crippen molar-refractivity contribution in [2.45, 2.75) is 32.7 Å². The van der Waals surface area contributed by atoms with Gasteiger partial charge in [-0.25, -0.2) is 4.98 Å². The Balaban J connectivity index is 1.80. The van der Waals surface area contributed by atoms with Crippen molar-refractivity contribution in [3.05, 3.63) is 43.8 Å². The second kappa shape index (κ2) is 7.92. The van der Waals surface area contributed by atoms with Crippen LogP contribution in [0.2, 0.25) is 5.02 Å². The van der Waals surface area contributed by atoms with Crippen LogP contribution in [-0.2, 0) is 13.0 Å². The fourth-order valence-electron chi connectivity index (χ4n) is 3.81. The zero-order valence-corrected chi connectivity index (χ0v) is 18.8. The molecule has 1 aliphatic heterocycles. The molecule has 0 saturated carbocycles. The molecular weight excluding hydrogens is 426 g/mol. The van der Waals surface area contributed by atoms with Crippen LogP contribution in [0, 0.1) is 6.92 Å². The highest BCUT2D eigenvalue weighted by atomic mass is 35.5. The first-order chi connectivity index (χ1) is 14.4. The number of anilines is 1. The van der Waals surface area contributed by atoms with Gasteiger partial charge in [-0.1, -0.05) is 11.6 Å². The topological polar surface area (TPSA) is 73.7 Å². The van der Waals surface area contributed by atoms with Crippen LogP contribution in [0.5, 0.6) is 11.5 Å². The average Bonchev–Trinajstić information content (AvgIpc) is 3.09. The number of carbonyl (C=O) groups is 1. The monoisotopic (exact) mass is 447 g/mol. The minimum Gasteiger partial charge on any atom is -0.495 e. The van der Waals surface area contributed by atoms with Gasteiger partial charge >= 0.3 is 0 Å². The SMILES string of the molecule is COc1cc(OC)c(N(C)C(=O)c2sc3nc4n(c(=O)c3c2C)CCCC4)cc1Cl. The average molecular weight is 448 g/mol. The van der Waals surface area contributed by atoms with Gasteiger partial charge < -0.3 is 14.4 Å². The predicted molar refractivity (Wildman–Crippen MR) is 119 cm³/mol. The lowest BCUT2D eigenvalue weighted by atomic mass is 10.1. The van der Waals surface area contributed by atoms with E-state index in [2.05, 4.69) is 0 Å². The van der Waals surface area contributed by atoms with E-state index in [-0.39, 0.29) is 11.5 Å². The van der Waals surface area contributed by atoms with Crippen molar-refractivity contribution in [3.63, 3.8) is 0 Å². The number of hydrogen-bond acceptors (Lipinski definition) is 6. The molecule has 9 heteroatoms. The summed E-state index contributed by atoms with van der Waals surface area (Å²) in [6.45, 7) is 2.48. The third kappa shape index (κ3) is 3.24. The lowest BCUT2D eigenvalue weighted by molar-refractivity contribution is 0.0995. The van der Waals surface area contributed by atoms with Crippen LogP contribution in [0.15, 0.2) is 16.9 Å². The second-order valence-corrected chi connectivity index (χ2v) is 8.61. The Hall–Kier alpha value is -2.58. The number of hydrogen-bond donors (Lipinski definition) is 0. The van der Waals surface area contributed by atoms with E-state index in [1.807, 2.05) is 0 Å². The lowest BCUT2D eigenvalue weighted by Gasteiger charge is -2.21. The van der Waals surface area contributed by atoms with Gasteiger partial charge in [0.2, 0.25) is 0 Å². The molecular formula is C21H22ClN3O4S. The van der Waals surface area contributed by atoms with E-state index in [0.717, 1.165) is 25.1 Å². The third-order valence-electron chi connectivity index (χ3n) is 5.48. The molecule has 1 amide bonds. The first-order valence-corrected chi connectivity index (χ1v) is 10.8. The summed E-state index contributed by atoms with van der Waals surface area (Å²) >= 11 is 7.53. The summed E-state index contributed by atoms with van der Waals surface area (Å²) in [6.07, 6.45) is 2.78. The Kier molecular flexibility index (Phi) is 5.46. The molecule has 0 bridgehead atoms. The van der Waals surface area contributed by atoms with Crippen LogP contribution in [0.1, 0.15) is 33.9 Å². The molecule has 3 heterocycles. The first kappa shape index (κ1) is 20.7. The van der Waals surface area contributed by atoms with Crippen molar-refractivity contribution in [2.75, 3.05) is 26.2 Å². The van der Waals surface area contributed by atoms with E-state index in [4.69, 9.17) is 26.1 Å². The molecule has 0 saturated heterocycles. The molecule has 0 atom stereocenters. The van der Waals surface area contributed by atoms with Gasteiger partial charge in [0.1, 0.15) is 22.2 Å². The molecule has 3 aromatic rings. The summed E-state index contributed by atoms with van der Waals surface area (Å²) in [4.78, 5) is 33.7. The minimum absolute atomic E-state index is 0.0600. The summed E-state index contributed by atoms with van der Waals surface area (Å²) in [6, 6.07) is 3.27. The van der Waals surface area contributed by atoms with Gasteiger partial charge in [0.15, 0.2) is 0 Å². The molecule has 1 aliphatic rings. The second-order valence-electron chi connectivity index (χ2n) is 7.20. The number of benzene rings is 1. The highest BCUT2D eigenvalue weighted by Crippen LogP contribution is 2.39. The van der Waals surface area contributed by atoms with Crippen molar-refractivity contribution < 1.29 is 14.3 Å². The molecule has 0 N–H and O–H groups in total. The predicted octanol–water partition coefficient (Wildman–Crippen LogP) is 4.05. The minimum atomic E-state index is -0.252. The third-order valence-corrected chi connectivity index (χ3v) is 6.94. The van der Waals surface area contributed by atoms with Gasteiger partial charge in [0.05, 0.1) is 35.2 Å². The normalized spacial score (nSPS) is 13.2. The van der Waals surface area contributed by atoms with E-state index in [1.54, 1.807) is 30.7 Å². The fourth-order valence-corrected chi connectivity index (χ4v) is 5.21. The lowest BCUT2D eigenvalue weighted by Crippen LogP contribution is -2.28. The molecule has 2 aromatic heterocycles. The molecule has 0 radical (unpaired) electrons.